The molecule has 3 nitrogen and oxygen atoms in total. The third kappa shape index (κ3) is 2.63. The van der Waals surface area contributed by atoms with Gasteiger partial charge in [0.25, 0.3) is 0 Å². The van der Waals surface area contributed by atoms with Crippen molar-refractivity contribution in [2.75, 3.05) is 0 Å². The minimum atomic E-state index is -0.462. The van der Waals surface area contributed by atoms with Gasteiger partial charge < -0.3 is 14.9 Å². The van der Waals surface area contributed by atoms with Gasteiger partial charge in [0.15, 0.2) is 0 Å². The van der Waals surface area contributed by atoms with Crippen molar-refractivity contribution < 1.29 is 14.9 Å². The summed E-state index contributed by atoms with van der Waals surface area (Å²) in [5.41, 5.74) is 0.863. The minimum absolute atomic E-state index is 0.0519. The zero-order valence-electron chi connectivity index (χ0n) is 11.9. The number of ether oxygens (including phenoxy) is 1. The SMILES string of the molecule is C/C1=C\CC[C@]2(C)O[C@@H]2[C@H](O)[C@H](C(C)C)C[C@@H]1O. The molecular formula is C15H26O3. The van der Waals surface area contributed by atoms with E-state index in [0.29, 0.717) is 12.3 Å². The van der Waals surface area contributed by atoms with Gasteiger partial charge in [-0.15, -0.1) is 0 Å². The molecule has 0 saturated carbocycles. The Balaban J connectivity index is 2.20. The summed E-state index contributed by atoms with van der Waals surface area (Å²) < 4.78 is 5.74. The van der Waals surface area contributed by atoms with E-state index in [0.717, 1.165) is 18.4 Å². The molecule has 0 spiro atoms. The van der Waals surface area contributed by atoms with Crippen LogP contribution in [0.25, 0.3) is 0 Å². The summed E-state index contributed by atoms with van der Waals surface area (Å²) in [6.07, 6.45) is 3.62. The summed E-state index contributed by atoms with van der Waals surface area (Å²) in [5, 5.41) is 20.7. The lowest BCUT2D eigenvalue weighted by molar-refractivity contribution is 0.0287. The van der Waals surface area contributed by atoms with Crippen molar-refractivity contribution >= 4 is 0 Å². The standard InChI is InChI=1S/C15H26O3/c1-9(2)11-8-12(16)10(3)6-5-7-15(4)14(18-15)13(11)17/h6,9,11-14,16-17H,5,7-8H2,1-4H3/b10-6+/t11-,12-,13+,14+,15-/m0/s1. The molecule has 0 aromatic carbocycles. The monoisotopic (exact) mass is 254 g/mol. The quantitative estimate of drug-likeness (QED) is 0.557. The van der Waals surface area contributed by atoms with Crippen LogP contribution in [0.1, 0.15) is 47.0 Å². The van der Waals surface area contributed by atoms with E-state index in [4.69, 9.17) is 4.74 Å². The maximum absolute atomic E-state index is 10.5. The summed E-state index contributed by atoms with van der Waals surface area (Å²) in [4.78, 5) is 0. The van der Waals surface area contributed by atoms with Gasteiger partial charge in [-0.05, 0) is 50.5 Å². The fraction of sp³-hybridized carbons (Fsp3) is 0.867. The van der Waals surface area contributed by atoms with Crippen LogP contribution in [0.5, 0.6) is 0 Å². The molecule has 0 bridgehead atoms. The number of rotatable bonds is 1. The van der Waals surface area contributed by atoms with Crippen LogP contribution in [0.4, 0.5) is 0 Å². The van der Waals surface area contributed by atoms with E-state index in [2.05, 4.69) is 26.8 Å². The number of aliphatic hydroxyl groups is 2. The predicted octanol–water partition coefficient (Wildman–Crippen LogP) is 2.27. The fourth-order valence-corrected chi connectivity index (χ4v) is 3.08. The number of hydrogen-bond donors (Lipinski definition) is 2. The topological polar surface area (TPSA) is 53.0 Å². The second-order valence-corrected chi connectivity index (χ2v) is 6.49. The van der Waals surface area contributed by atoms with Gasteiger partial charge in [0, 0.05) is 0 Å². The Hall–Kier alpha value is -0.380. The summed E-state index contributed by atoms with van der Waals surface area (Å²) in [6, 6.07) is 0. The van der Waals surface area contributed by atoms with E-state index in [1.807, 2.05) is 6.92 Å². The number of aliphatic hydroxyl groups excluding tert-OH is 2. The minimum Gasteiger partial charge on any atom is -0.390 e. The van der Waals surface area contributed by atoms with Crippen molar-refractivity contribution in [1.29, 1.82) is 0 Å². The van der Waals surface area contributed by atoms with Crippen LogP contribution in [0, 0.1) is 11.8 Å². The van der Waals surface area contributed by atoms with Crippen LogP contribution in [0.15, 0.2) is 11.6 Å². The highest BCUT2D eigenvalue weighted by molar-refractivity contribution is 5.11. The Labute approximate surface area is 110 Å². The molecule has 0 aromatic rings. The highest BCUT2D eigenvalue weighted by Crippen LogP contribution is 2.46. The average molecular weight is 254 g/mol. The number of allylic oxidation sites excluding steroid dienone is 1. The molecule has 2 aliphatic rings. The molecule has 1 aliphatic carbocycles. The van der Waals surface area contributed by atoms with Crippen molar-refractivity contribution in [2.24, 2.45) is 11.8 Å². The molecule has 0 aromatic heterocycles. The Morgan fingerprint density at radius 2 is 2.06 bits per heavy atom. The molecule has 0 radical (unpaired) electrons. The zero-order valence-corrected chi connectivity index (χ0v) is 11.9. The molecule has 1 aliphatic heterocycles. The first-order chi connectivity index (χ1) is 8.35. The molecule has 1 fully saturated rings. The van der Waals surface area contributed by atoms with Crippen LogP contribution < -0.4 is 0 Å². The van der Waals surface area contributed by atoms with Crippen LogP contribution in [0.2, 0.25) is 0 Å². The van der Waals surface area contributed by atoms with Gasteiger partial charge in [-0.3, -0.25) is 0 Å². The van der Waals surface area contributed by atoms with Gasteiger partial charge >= 0.3 is 0 Å². The third-order valence-corrected chi connectivity index (χ3v) is 4.67. The molecule has 2 N–H and O–H groups in total. The summed E-state index contributed by atoms with van der Waals surface area (Å²) in [5.74, 6) is 0.434. The second kappa shape index (κ2) is 4.95. The van der Waals surface area contributed by atoms with E-state index in [1.165, 1.54) is 0 Å². The van der Waals surface area contributed by atoms with E-state index < -0.39 is 12.2 Å². The first kappa shape index (κ1) is 14.0. The number of epoxide rings is 1. The highest BCUT2D eigenvalue weighted by atomic mass is 16.6. The smallest absolute Gasteiger partial charge is 0.113 e. The Morgan fingerprint density at radius 3 is 2.67 bits per heavy atom. The molecular weight excluding hydrogens is 228 g/mol. The molecule has 18 heavy (non-hydrogen) atoms. The first-order valence-electron chi connectivity index (χ1n) is 7.06. The summed E-state index contributed by atoms with van der Waals surface area (Å²) in [6.45, 7) is 8.26. The van der Waals surface area contributed by atoms with Crippen molar-refractivity contribution in [3.63, 3.8) is 0 Å². The largest absolute Gasteiger partial charge is 0.390 e. The maximum atomic E-state index is 10.5. The maximum Gasteiger partial charge on any atom is 0.113 e. The van der Waals surface area contributed by atoms with Gasteiger partial charge in [0.2, 0.25) is 0 Å². The molecule has 0 unspecified atom stereocenters. The van der Waals surface area contributed by atoms with Crippen LogP contribution in [-0.2, 0) is 4.74 Å². The van der Waals surface area contributed by atoms with Crippen LogP contribution in [0.3, 0.4) is 0 Å². The zero-order chi connectivity index (χ0) is 13.5. The Bertz CT molecular complexity index is 337. The number of fused-ring (bicyclic) bond motifs is 1. The molecule has 0 amide bonds. The third-order valence-electron chi connectivity index (χ3n) is 4.67. The van der Waals surface area contributed by atoms with E-state index >= 15 is 0 Å². The second-order valence-electron chi connectivity index (χ2n) is 6.49. The van der Waals surface area contributed by atoms with Gasteiger partial charge in [-0.1, -0.05) is 19.9 Å². The molecule has 104 valence electrons. The Morgan fingerprint density at radius 1 is 1.39 bits per heavy atom. The molecule has 1 heterocycles. The van der Waals surface area contributed by atoms with Gasteiger partial charge in [-0.25, -0.2) is 0 Å². The fourth-order valence-electron chi connectivity index (χ4n) is 3.08. The van der Waals surface area contributed by atoms with Crippen LogP contribution >= 0.6 is 0 Å². The predicted molar refractivity (Wildman–Crippen MR) is 71.2 cm³/mol. The van der Waals surface area contributed by atoms with E-state index in [9.17, 15) is 10.2 Å². The summed E-state index contributed by atoms with van der Waals surface area (Å²) >= 11 is 0. The van der Waals surface area contributed by atoms with Gasteiger partial charge in [0.1, 0.15) is 6.10 Å². The lowest BCUT2D eigenvalue weighted by Crippen LogP contribution is -2.36. The highest BCUT2D eigenvalue weighted by Gasteiger charge is 2.57. The van der Waals surface area contributed by atoms with Crippen molar-refractivity contribution in [3.05, 3.63) is 11.6 Å². The van der Waals surface area contributed by atoms with Crippen molar-refractivity contribution in [3.8, 4) is 0 Å². The van der Waals surface area contributed by atoms with E-state index in [-0.39, 0.29) is 17.6 Å². The van der Waals surface area contributed by atoms with Crippen molar-refractivity contribution in [2.45, 2.75) is 70.9 Å². The molecule has 1 saturated heterocycles. The molecule has 3 heteroatoms. The van der Waals surface area contributed by atoms with Gasteiger partial charge in [0.05, 0.1) is 17.8 Å². The summed E-state index contributed by atoms with van der Waals surface area (Å²) in [7, 11) is 0. The first-order valence-corrected chi connectivity index (χ1v) is 7.06. The molecule has 5 atom stereocenters. The van der Waals surface area contributed by atoms with Crippen molar-refractivity contribution in [1.82, 2.24) is 0 Å². The lowest BCUT2D eigenvalue weighted by atomic mass is 9.79. The normalized spacial score (nSPS) is 48.3. The average Bonchev–Trinajstić information content (AvgIpc) is 2.95. The van der Waals surface area contributed by atoms with Crippen LogP contribution in [-0.4, -0.2) is 34.1 Å². The Kier molecular flexibility index (Phi) is 3.86. The molecule has 2 rings (SSSR count). The lowest BCUT2D eigenvalue weighted by Gasteiger charge is -2.29. The number of hydrogen-bond acceptors (Lipinski definition) is 3. The van der Waals surface area contributed by atoms with Gasteiger partial charge in [-0.2, -0.15) is 0 Å². The van der Waals surface area contributed by atoms with E-state index in [1.54, 1.807) is 0 Å².